The van der Waals surface area contributed by atoms with Gasteiger partial charge in [-0.2, -0.15) is 0 Å². The maximum atomic E-state index is 15.5. The lowest BCUT2D eigenvalue weighted by atomic mass is 9.42. The number of carbonyl (C=O) groups excluding carboxylic acids is 1. The minimum atomic E-state index is -1.14. The van der Waals surface area contributed by atoms with Crippen molar-refractivity contribution in [1.29, 1.82) is 0 Å². The summed E-state index contributed by atoms with van der Waals surface area (Å²) in [6.07, 6.45) is 2.75. The Morgan fingerprint density at radius 1 is 0.500 bits per heavy atom. The minimum absolute atomic E-state index is 0.141. The van der Waals surface area contributed by atoms with Gasteiger partial charge in [-0.3, -0.25) is 4.79 Å². The Morgan fingerprint density at radius 2 is 0.960 bits per heavy atom. The fraction of sp³-hybridized carbons (Fsp3) is 0.310. The van der Waals surface area contributed by atoms with E-state index in [2.05, 4.69) is 24.3 Å². The Labute approximate surface area is 292 Å². The molecule has 1 heterocycles. The Bertz CT molecular complexity index is 2030. The average Bonchev–Trinajstić information content (AvgIpc) is 3.92. The molecule has 1 aliphatic heterocycles. The number of rotatable bonds is 10. The lowest BCUT2D eigenvalue weighted by molar-refractivity contribution is -0.160. The second-order valence-electron chi connectivity index (χ2n) is 13.3. The molecule has 2 saturated carbocycles. The van der Waals surface area contributed by atoms with E-state index in [1.165, 1.54) is 0 Å². The van der Waals surface area contributed by atoms with Gasteiger partial charge in [-0.1, -0.05) is 60.7 Å². The molecule has 2 unspecified atom stereocenters. The van der Waals surface area contributed by atoms with Crippen LogP contribution in [0.15, 0.2) is 84.9 Å². The summed E-state index contributed by atoms with van der Waals surface area (Å²) in [5.41, 5.74) is 3.95. The molecule has 256 valence electrons. The Balaban J connectivity index is 1.53. The van der Waals surface area contributed by atoms with Crippen LogP contribution in [0.3, 0.4) is 0 Å². The zero-order chi connectivity index (χ0) is 34.8. The molecule has 0 saturated heterocycles. The van der Waals surface area contributed by atoms with E-state index >= 15 is 4.79 Å². The summed E-state index contributed by atoms with van der Waals surface area (Å²) in [5, 5.41) is 0. The average molecular weight is 673 g/mol. The van der Waals surface area contributed by atoms with Crippen molar-refractivity contribution in [1.82, 2.24) is 0 Å². The van der Waals surface area contributed by atoms with E-state index in [1.54, 1.807) is 42.7 Å². The third kappa shape index (κ3) is 4.08. The molecule has 0 amide bonds. The summed E-state index contributed by atoms with van der Waals surface area (Å²) in [5.74, 6) is 3.82. The molecule has 4 aromatic carbocycles. The molecule has 2 fully saturated rings. The Morgan fingerprint density at radius 3 is 1.36 bits per heavy atom. The van der Waals surface area contributed by atoms with Crippen LogP contribution in [0.25, 0.3) is 22.5 Å². The molecule has 0 radical (unpaired) electrons. The molecule has 1 spiro atoms. The van der Waals surface area contributed by atoms with Crippen LogP contribution in [0.4, 0.5) is 0 Å². The zero-order valence-corrected chi connectivity index (χ0v) is 29.2. The van der Waals surface area contributed by atoms with Gasteiger partial charge in [0.15, 0.2) is 34.4 Å². The second kappa shape index (κ2) is 11.6. The van der Waals surface area contributed by atoms with E-state index in [0.29, 0.717) is 53.1 Å². The van der Waals surface area contributed by atoms with Crippen LogP contribution >= 0.6 is 0 Å². The summed E-state index contributed by atoms with van der Waals surface area (Å²) >= 11 is 0. The first-order valence-corrected chi connectivity index (χ1v) is 16.8. The van der Waals surface area contributed by atoms with E-state index in [0.717, 1.165) is 51.8 Å². The second-order valence-corrected chi connectivity index (χ2v) is 13.3. The van der Waals surface area contributed by atoms with Gasteiger partial charge in [-0.25, -0.2) is 0 Å². The molecule has 3 aliphatic carbocycles. The highest BCUT2D eigenvalue weighted by molar-refractivity contribution is 6.23. The van der Waals surface area contributed by atoms with Crippen LogP contribution in [0.2, 0.25) is 0 Å². The highest BCUT2D eigenvalue weighted by atomic mass is 16.5. The summed E-state index contributed by atoms with van der Waals surface area (Å²) < 4.78 is 42.2. The molecule has 4 aliphatic rings. The van der Waals surface area contributed by atoms with Gasteiger partial charge in [-0.15, -0.1) is 0 Å². The Kier molecular flexibility index (Phi) is 7.40. The van der Waals surface area contributed by atoms with Crippen LogP contribution in [0, 0.1) is 10.8 Å². The van der Waals surface area contributed by atoms with Crippen molar-refractivity contribution in [3.05, 3.63) is 107 Å². The normalized spacial score (nSPS) is 22.6. The number of ketones is 1. The molecule has 8 heteroatoms. The van der Waals surface area contributed by atoms with Crippen molar-refractivity contribution in [2.75, 3.05) is 42.7 Å². The standard InChI is InChI=1S/C42H40O8/c1-44-29-21-27(22-30(45-2)37(29)48-5)34-33(25-13-9-7-10-14-25)40(17-18-40)39(43)42-20-19-41(34,42)35(26-15-11-8-12-16-26)36(50-42)28-23-31(46-3)38(49-6)32(24-28)47-4/h7-16,21-24H,17-20H2,1-6H3. The fourth-order valence-corrected chi connectivity index (χ4v) is 8.89. The van der Waals surface area contributed by atoms with Gasteiger partial charge in [-0.05, 0) is 77.8 Å². The number of ether oxygens (including phenoxy) is 7. The van der Waals surface area contributed by atoms with Crippen molar-refractivity contribution < 1.29 is 38.0 Å². The topological polar surface area (TPSA) is 81.7 Å². The van der Waals surface area contributed by atoms with Gasteiger partial charge in [0, 0.05) is 11.1 Å². The highest BCUT2D eigenvalue weighted by Gasteiger charge is 2.81. The van der Waals surface area contributed by atoms with E-state index < -0.39 is 16.4 Å². The van der Waals surface area contributed by atoms with Crippen molar-refractivity contribution in [2.45, 2.75) is 31.3 Å². The quantitative estimate of drug-likeness (QED) is 0.167. The molecule has 2 atom stereocenters. The van der Waals surface area contributed by atoms with Crippen LogP contribution in [0.1, 0.15) is 47.9 Å². The first kappa shape index (κ1) is 31.9. The maximum Gasteiger partial charge on any atom is 0.203 e. The predicted molar refractivity (Wildman–Crippen MR) is 191 cm³/mol. The van der Waals surface area contributed by atoms with Gasteiger partial charge in [0.2, 0.25) is 11.5 Å². The van der Waals surface area contributed by atoms with E-state index in [-0.39, 0.29) is 5.78 Å². The highest BCUT2D eigenvalue weighted by Crippen LogP contribution is 2.80. The van der Waals surface area contributed by atoms with Gasteiger partial charge in [0.25, 0.3) is 0 Å². The third-order valence-corrected chi connectivity index (χ3v) is 11.2. The van der Waals surface area contributed by atoms with Crippen molar-refractivity contribution in [3.8, 4) is 34.5 Å². The number of Topliss-reactive ketones (excluding diaryl/α,β-unsaturated/α-hetero) is 1. The number of hydrogen-bond acceptors (Lipinski definition) is 8. The monoisotopic (exact) mass is 672 g/mol. The van der Waals surface area contributed by atoms with Gasteiger partial charge in [0.1, 0.15) is 5.76 Å². The SMILES string of the molecule is COc1cc(C2=C(c3ccccc3)C34CCC3(O2)C(=O)C2(CC2)C(c2ccccc2)=C4c2cc(OC)c(OC)c(OC)c2)cc(OC)c1OC. The third-order valence-electron chi connectivity index (χ3n) is 11.2. The van der Waals surface area contributed by atoms with E-state index in [9.17, 15) is 0 Å². The van der Waals surface area contributed by atoms with E-state index in [4.69, 9.17) is 33.2 Å². The fourth-order valence-electron chi connectivity index (χ4n) is 8.89. The molecule has 0 bridgehead atoms. The summed E-state index contributed by atoms with van der Waals surface area (Å²) in [6.45, 7) is 0. The van der Waals surface area contributed by atoms with Crippen LogP contribution in [0.5, 0.6) is 34.5 Å². The molecule has 0 aromatic heterocycles. The first-order valence-electron chi connectivity index (χ1n) is 16.8. The van der Waals surface area contributed by atoms with Gasteiger partial charge in [0.05, 0.1) is 53.5 Å². The van der Waals surface area contributed by atoms with Crippen LogP contribution in [-0.4, -0.2) is 54.0 Å². The Hall–Kier alpha value is -5.37. The summed E-state index contributed by atoms with van der Waals surface area (Å²) in [7, 11) is 9.64. The number of carbonyl (C=O) groups is 1. The molecule has 0 N–H and O–H groups in total. The number of methoxy groups -OCH3 is 6. The molecule has 8 nitrogen and oxygen atoms in total. The summed E-state index contributed by atoms with van der Waals surface area (Å²) in [6, 6.07) is 28.4. The maximum absolute atomic E-state index is 15.5. The number of hydrogen-bond donors (Lipinski definition) is 0. The predicted octanol–water partition coefficient (Wildman–Crippen LogP) is 8.13. The van der Waals surface area contributed by atoms with Crippen LogP contribution < -0.4 is 28.4 Å². The van der Waals surface area contributed by atoms with Crippen molar-refractivity contribution >= 4 is 28.3 Å². The number of allylic oxidation sites excluding steroid dienone is 1. The number of benzene rings is 4. The molecule has 4 aromatic rings. The van der Waals surface area contributed by atoms with Crippen LogP contribution in [-0.2, 0) is 9.53 Å². The molecular weight excluding hydrogens is 632 g/mol. The lowest BCUT2D eigenvalue weighted by Gasteiger charge is -2.60. The van der Waals surface area contributed by atoms with Crippen molar-refractivity contribution in [2.24, 2.45) is 10.8 Å². The summed E-state index contributed by atoms with van der Waals surface area (Å²) in [4.78, 5) is 15.5. The first-order chi connectivity index (χ1) is 24.4. The molecular formula is C42H40O8. The molecule has 50 heavy (non-hydrogen) atoms. The van der Waals surface area contributed by atoms with Gasteiger partial charge >= 0.3 is 0 Å². The largest absolute Gasteiger partial charge is 0.493 e. The molecule has 8 rings (SSSR count). The minimum Gasteiger partial charge on any atom is -0.493 e. The van der Waals surface area contributed by atoms with Crippen molar-refractivity contribution in [3.63, 3.8) is 0 Å². The van der Waals surface area contributed by atoms with Gasteiger partial charge < -0.3 is 33.2 Å². The zero-order valence-electron chi connectivity index (χ0n) is 29.2. The lowest BCUT2D eigenvalue weighted by Crippen LogP contribution is -2.66. The smallest absolute Gasteiger partial charge is 0.203 e. The van der Waals surface area contributed by atoms with E-state index in [1.807, 2.05) is 60.7 Å².